The van der Waals surface area contributed by atoms with Crippen molar-refractivity contribution in [2.45, 2.75) is 20.3 Å². The van der Waals surface area contributed by atoms with E-state index < -0.39 is 5.63 Å². The number of fused-ring (bicyclic) bond motifs is 1. The van der Waals surface area contributed by atoms with Crippen LogP contribution >= 0.6 is 23.1 Å². The molecule has 0 amide bonds. The molecule has 0 unspecified atom stereocenters. The van der Waals surface area contributed by atoms with Gasteiger partial charge in [0.25, 0.3) is 5.19 Å². The Morgan fingerprint density at radius 2 is 2.19 bits per heavy atom. The minimum atomic E-state index is -0.405. The minimum Gasteiger partial charge on any atom is -0.428 e. The normalized spacial score (nSPS) is 11.0. The molecule has 3 rings (SSSR count). The van der Waals surface area contributed by atoms with Crippen LogP contribution in [-0.4, -0.2) is 9.36 Å². The number of aromatic nitrogens is 2. The lowest BCUT2D eigenvalue weighted by atomic mass is 10.1. The summed E-state index contributed by atoms with van der Waals surface area (Å²) in [5.74, 6) is 1.10. The fourth-order valence-electron chi connectivity index (χ4n) is 1.91. The summed E-state index contributed by atoms with van der Waals surface area (Å²) in [5.41, 5.74) is 0.830. The number of hydrogen-bond donors (Lipinski definition) is 0. The Kier molecular flexibility index (Phi) is 3.65. The predicted octanol–water partition coefficient (Wildman–Crippen LogP) is 3.96. The molecule has 2 aromatic heterocycles. The molecule has 7 heteroatoms. The minimum absolute atomic E-state index is 0.386. The van der Waals surface area contributed by atoms with Gasteiger partial charge in [0.2, 0.25) is 0 Å². The summed E-state index contributed by atoms with van der Waals surface area (Å²) in [6.07, 6.45) is 0.735. The highest BCUT2D eigenvalue weighted by Crippen LogP contribution is 2.34. The van der Waals surface area contributed by atoms with Crippen LogP contribution < -0.4 is 10.4 Å². The van der Waals surface area contributed by atoms with Gasteiger partial charge < -0.3 is 9.15 Å². The summed E-state index contributed by atoms with van der Waals surface area (Å²) in [4.78, 5) is 15.7. The molecular formula is C14H11ClN2O3S. The molecule has 1 aromatic carbocycles. The third-order valence-electron chi connectivity index (χ3n) is 2.97. The molecule has 0 saturated heterocycles. The third kappa shape index (κ3) is 2.77. The largest absolute Gasteiger partial charge is 0.428 e. The molecule has 108 valence electrons. The van der Waals surface area contributed by atoms with Gasteiger partial charge in [-0.2, -0.15) is 9.36 Å². The van der Waals surface area contributed by atoms with Gasteiger partial charge in [-0.25, -0.2) is 4.79 Å². The van der Waals surface area contributed by atoms with Crippen LogP contribution in [0.3, 0.4) is 0 Å². The first-order valence-corrected chi connectivity index (χ1v) is 7.46. The number of rotatable bonds is 3. The van der Waals surface area contributed by atoms with Crippen molar-refractivity contribution >= 4 is 34.1 Å². The summed E-state index contributed by atoms with van der Waals surface area (Å²) in [7, 11) is 0. The van der Waals surface area contributed by atoms with Gasteiger partial charge in [0, 0.05) is 35.5 Å². The molecule has 0 bridgehead atoms. The summed E-state index contributed by atoms with van der Waals surface area (Å²) < 4.78 is 14.9. The first-order chi connectivity index (χ1) is 10.1. The van der Waals surface area contributed by atoms with Gasteiger partial charge in [-0.3, -0.25) is 0 Å². The highest BCUT2D eigenvalue weighted by atomic mass is 35.5. The van der Waals surface area contributed by atoms with E-state index in [9.17, 15) is 4.79 Å². The van der Waals surface area contributed by atoms with Crippen molar-refractivity contribution in [3.05, 3.63) is 45.0 Å². The number of ether oxygens (including phenoxy) is 1. The molecule has 0 fully saturated rings. The highest BCUT2D eigenvalue weighted by Gasteiger charge is 2.12. The number of hydrogen-bond acceptors (Lipinski definition) is 6. The standard InChI is InChI=1S/C14H11ClN2O3S/c1-3-12-16-14(21-17-12)20-11-6-10-8(5-9(11)15)7(2)4-13(18)19-10/h4-6H,3H2,1-2H3. The molecule has 0 N–H and O–H groups in total. The second-order valence-electron chi connectivity index (χ2n) is 4.46. The summed E-state index contributed by atoms with van der Waals surface area (Å²) in [6.45, 7) is 3.79. The van der Waals surface area contributed by atoms with Crippen LogP contribution in [0.5, 0.6) is 10.9 Å². The molecule has 21 heavy (non-hydrogen) atoms. The zero-order valence-corrected chi connectivity index (χ0v) is 12.9. The van der Waals surface area contributed by atoms with Gasteiger partial charge in [0.05, 0.1) is 5.02 Å². The molecule has 0 saturated carbocycles. The van der Waals surface area contributed by atoms with E-state index in [1.54, 1.807) is 12.1 Å². The van der Waals surface area contributed by atoms with E-state index in [-0.39, 0.29) is 0 Å². The second-order valence-corrected chi connectivity index (χ2v) is 5.58. The zero-order valence-electron chi connectivity index (χ0n) is 11.3. The van der Waals surface area contributed by atoms with E-state index in [0.29, 0.717) is 27.4 Å². The SMILES string of the molecule is CCc1nsc(Oc2cc3oc(=O)cc(C)c3cc2Cl)n1. The molecule has 0 radical (unpaired) electrons. The molecule has 0 aliphatic rings. The first kappa shape index (κ1) is 14.0. The summed E-state index contributed by atoms with van der Waals surface area (Å²) in [6, 6.07) is 4.74. The molecule has 0 atom stereocenters. The smallest absolute Gasteiger partial charge is 0.336 e. The fraction of sp³-hybridized carbons (Fsp3) is 0.214. The van der Waals surface area contributed by atoms with Gasteiger partial charge in [-0.1, -0.05) is 18.5 Å². The maximum Gasteiger partial charge on any atom is 0.336 e. The van der Waals surface area contributed by atoms with E-state index >= 15 is 0 Å². The lowest BCUT2D eigenvalue weighted by Gasteiger charge is -2.06. The van der Waals surface area contributed by atoms with Crippen molar-refractivity contribution in [1.82, 2.24) is 9.36 Å². The second kappa shape index (κ2) is 5.46. The van der Waals surface area contributed by atoms with Gasteiger partial charge in [0.1, 0.15) is 11.4 Å². The van der Waals surface area contributed by atoms with Crippen molar-refractivity contribution in [3.63, 3.8) is 0 Å². The lowest BCUT2D eigenvalue weighted by molar-refractivity contribution is 0.475. The van der Waals surface area contributed by atoms with Crippen LogP contribution in [0.4, 0.5) is 0 Å². The third-order valence-corrected chi connectivity index (χ3v) is 3.90. The topological polar surface area (TPSA) is 65.2 Å². The van der Waals surface area contributed by atoms with Crippen LogP contribution in [0.2, 0.25) is 5.02 Å². The zero-order chi connectivity index (χ0) is 15.0. The quantitative estimate of drug-likeness (QED) is 0.683. The molecule has 5 nitrogen and oxygen atoms in total. The number of aryl methyl sites for hydroxylation is 2. The number of nitrogens with zero attached hydrogens (tertiary/aromatic N) is 2. The summed E-state index contributed by atoms with van der Waals surface area (Å²) >= 11 is 7.37. The number of benzene rings is 1. The van der Waals surface area contributed by atoms with Crippen LogP contribution in [0.15, 0.2) is 27.4 Å². The van der Waals surface area contributed by atoms with Crippen molar-refractivity contribution in [2.75, 3.05) is 0 Å². The van der Waals surface area contributed by atoms with E-state index in [1.165, 1.54) is 6.07 Å². The van der Waals surface area contributed by atoms with E-state index in [1.807, 2.05) is 13.8 Å². The van der Waals surface area contributed by atoms with Crippen molar-refractivity contribution in [3.8, 4) is 10.9 Å². The van der Waals surface area contributed by atoms with E-state index in [4.69, 9.17) is 20.8 Å². The molecule has 0 aliphatic heterocycles. The van der Waals surface area contributed by atoms with Crippen molar-refractivity contribution < 1.29 is 9.15 Å². The maximum atomic E-state index is 11.4. The maximum absolute atomic E-state index is 11.4. The van der Waals surface area contributed by atoms with Crippen LogP contribution in [0.1, 0.15) is 18.3 Å². The Bertz CT molecular complexity index is 872. The molecule has 3 aromatic rings. The molecule has 0 aliphatic carbocycles. The molecular weight excluding hydrogens is 312 g/mol. The molecule has 2 heterocycles. The van der Waals surface area contributed by atoms with E-state index in [0.717, 1.165) is 28.9 Å². The average molecular weight is 323 g/mol. The first-order valence-electron chi connectivity index (χ1n) is 6.31. The van der Waals surface area contributed by atoms with Gasteiger partial charge in [-0.05, 0) is 18.6 Å². The Hall–Kier alpha value is -1.92. The lowest BCUT2D eigenvalue weighted by Crippen LogP contribution is -1.98. The van der Waals surface area contributed by atoms with Gasteiger partial charge >= 0.3 is 5.63 Å². The van der Waals surface area contributed by atoms with Crippen molar-refractivity contribution in [1.29, 1.82) is 0 Å². The number of halogens is 1. The van der Waals surface area contributed by atoms with Crippen molar-refractivity contribution in [2.24, 2.45) is 0 Å². The van der Waals surface area contributed by atoms with Gasteiger partial charge in [0.15, 0.2) is 5.75 Å². The predicted molar refractivity (Wildman–Crippen MR) is 81.6 cm³/mol. The summed E-state index contributed by atoms with van der Waals surface area (Å²) in [5, 5.41) is 1.61. The highest BCUT2D eigenvalue weighted by molar-refractivity contribution is 7.07. The Morgan fingerprint density at radius 3 is 2.90 bits per heavy atom. The Balaban J connectivity index is 2.06. The van der Waals surface area contributed by atoms with E-state index in [2.05, 4.69) is 9.36 Å². The average Bonchev–Trinajstić information content (AvgIpc) is 2.88. The van der Waals surface area contributed by atoms with Crippen LogP contribution in [0.25, 0.3) is 11.0 Å². The van der Waals surface area contributed by atoms with Gasteiger partial charge in [-0.15, -0.1) is 0 Å². The monoisotopic (exact) mass is 322 g/mol. The van der Waals surface area contributed by atoms with Crippen LogP contribution in [0, 0.1) is 6.92 Å². The Labute approximate surface area is 129 Å². The fourth-order valence-corrected chi connectivity index (χ4v) is 2.74. The van der Waals surface area contributed by atoms with Crippen LogP contribution in [-0.2, 0) is 6.42 Å². The molecule has 0 spiro atoms. The Morgan fingerprint density at radius 1 is 1.38 bits per heavy atom.